The Hall–Kier alpha value is -1.79. The molecule has 0 amide bonds. The van der Waals surface area contributed by atoms with Crippen LogP contribution in [0, 0.1) is 5.41 Å². The van der Waals surface area contributed by atoms with E-state index in [4.69, 9.17) is 19.2 Å². The van der Waals surface area contributed by atoms with Gasteiger partial charge < -0.3 is 19.3 Å². The highest BCUT2D eigenvalue weighted by Crippen LogP contribution is 2.57. The van der Waals surface area contributed by atoms with Crippen molar-refractivity contribution in [2.24, 2.45) is 5.41 Å². The van der Waals surface area contributed by atoms with E-state index in [9.17, 15) is 5.11 Å². The highest BCUT2D eigenvalue weighted by molar-refractivity contribution is 5.54. The molecule has 2 fully saturated rings. The molecule has 5 nitrogen and oxygen atoms in total. The summed E-state index contributed by atoms with van der Waals surface area (Å²) in [7, 11) is 0. The molecule has 0 bridgehead atoms. The van der Waals surface area contributed by atoms with Gasteiger partial charge in [0, 0.05) is 54.0 Å². The molecule has 4 aliphatic rings. The number of aliphatic hydroxyl groups is 1. The van der Waals surface area contributed by atoms with Gasteiger partial charge in [0.25, 0.3) is 0 Å². The fourth-order valence-electron chi connectivity index (χ4n) is 6.81. The van der Waals surface area contributed by atoms with Crippen LogP contribution in [0.3, 0.4) is 0 Å². The van der Waals surface area contributed by atoms with E-state index in [2.05, 4.69) is 58.9 Å². The van der Waals surface area contributed by atoms with Gasteiger partial charge in [0.05, 0.1) is 24.9 Å². The topological polar surface area (TPSA) is 60.8 Å². The number of fused-ring (bicyclic) bond motifs is 4. The third-order valence-corrected chi connectivity index (χ3v) is 8.77. The first-order chi connectivity index (χ1) is 16.6. The van der Waals surface area contributed by atoms with Crippen LogP contribution in [0.5, 0.6) is 0 Å². The molecule has 2 saturated heterocycles. The normalized spacial score (nSPS) is 28.0. The lowest BCUT2D eigenvalue weighted by Crippen LogP contribution is -2.43. The number of rotatable bonds is 3. The Labute approximate surface area is 209 Å². The highest BCUT2D eigenvalue weighted by Gasteiger charge is 2.52. The Morgan fingerprint density at radius 1 is 0.971 bits per heavy atom. The lowest BCUT2D eigenvalue weighted by molar-refractivity contribution is -0.122. The summed E-state index contributed by atoms with van der Waals surface area (Å²) in [5.41, 5.74) is 7.86. The third kappa shape index (κ3) is 3.69. The zero-order chi connectivity index (χ0) is 24.6. The lowest BCUT2D eigenvalue weighted by Gasteiger charge is -2.40. The van der Waals surface area contributed by atoms with Crippen molar-refractivity contribution < 1.29 is 19.3 Å². The summed E-state index contributed by atoms with van der Waals surface area (Å²) < 4.78 is 18.4. The fraction of sp³-hybridized carbons (Fsp3) is 0.633. The van der Waals surface area contributed by atoms with Crippen LogP contribution in [0.2, 0.25) is 0 Å². The number of ether oxygens (including phenoxy) is 3. The summed E-state index contributed by atoms with van der Waals surface area (Å²) in [4.78, 5) is 5.28. The summed E-state index contributed by atoms with van der Waals surface area (Å²) in [5, 5.41) is 11.5. The van der Waals surface area contributed by atoms with Crippen LogP contribution in [0.15, 0.2) is 24.3 Å². The van der Waals surface area contributed by atoms with Gasteiger partial charge in [-0.05, 0) is 40.9 Å². The minimum atomic E-state index is -0.515. The smallest absolute Gasteiger partial charge is 0.111 e. The number of aliphatic hydroxyl groups excluding tert-OH is 1. The fourth-order valence-corrected chi connectivity index (χ4v) is 6.81. The first-order valence-electron chi connectivity index (χ1n) is 13.3. The molecular weight excluding hydrogens is 438 g/mol. The monoisotopic (exact) mass is 477 g/mol. The Morgan fingerprint density at radius 2 is 1.66 bits per heavy atom. The van der Waals surface area contributed by atoms with E-state index in [1.807, 2.05) is 0 Å². The molecule has 1 aromatic carbocycles. The molecule has 2 atom stereocenters. The summed E-state index contributed by atoms with van der Waals surface area (Å²) >= 11 is 0. The van der Waals surface area contributed by atoms with Crippen molar-refractivity contribution >= 4 is 0 Å². The van der Waals surface area contributed by atoms with Crippen molar-refractivity contribution in [2.75, 3.05) is 26.4 Å². The number of nitrogens with zero attached hydrogens (tertiary/aromatic N) is 1. The van der Waals surface area contributed by atoms with E-state index in [0.717, 1.165) is 61.4 Å². The van der Waals surface area contributed by atoms with Crippen LogP contribution in [0.4, 0.5) is 0 Å². The number of aromatic nitrogens is 1. The molecule has 0 saturated carbocycles. The van der Waals surface area contributed by atoms with E-state index in [0.29, 0.717) is 13.2 Å². The van der Waals surface area contributed by atoms with E-state index in [-0.39, 0.29) is 22.9 Å². The molecule has 188 valence electrons. The Morgan fingerprint density at radius 3 is 2.26 bits per heavy atom. The number of hydrogen-bond acceptors (Lipinski definition) is 5. The van der Waals surface area contributed by atoms with Gasteiger partial charge >= 0.3 is 0 Å². The molecule has 1 N–H and O–H groups in total. The maximum absolute atomic E-state index is 11.5. The van der Waals surface area contributed by atoms with E-state index in [1.54, 1.807) is 0 Å². The van der Waals surface area contributed by atoms with Gasteiger partial charge in [0.2, 0.25) is 0 Å². The summed E-state index contributed by atoms with van der Waals surface area (Å²) in [6.07, 6.45) is 2.57. The molecule has 1 spiro atoms. The molecule has 3 aliphatic heterocycles. The second-order valence-electron chi connectivity index (χ2n) is 12.6. The zero-order valence-corrected chi connectivity index (χ0v) is 21.8. The maximum Gasteiger partial charge on any atom is 0.111 e. The van der Waals surface area contributed by atoms with Gasteiger partial charge in [-0.2, -0.15) is 0 Å². The number of benzene rings is 1. The van der Waals surface area contributed by atoms with Gasteiger partial charge in [-0.3, -0.25) is 4.98 Å². The van der Waals surface area contributed by atoms with E-state index < -0.39 is 11.7 Å². The Bertz CT molecular complexity index is 1130. The summed E-state index contributed by atoms with van der Waals surface area (Å²) in [6, 6.07) is 8.95. The number of hydrogen-bond donors (Lipinski definition) is 1. The van der Waals surface area contributed by atoms with Gasteiger partial charge in [-0.25, -0.2) is 0 Å². The van der Waals surface area contributed by atoms with Crippen molar-refractivity contribution in [3.05, 3.63) is 63.5 Å². The molecule has 35 heavy (non-hydrogen) atoms. The van der Waals surface area contributed by atoms with Crippen LogP contribution < -0.4 is 0 Å². The van der Waals surface area contributed by atoms with Crippen LogP contribution >= 0.6 is 0 Å². The van der Waals surface area contributed by atoms with Crippen molar-refractivity contribution in [1.82, 2.24) is 4.98 Å². The summed E-state index contributed by atoms with van der Waals surface area (Å²) in [6.45, 7) is 14.1. The molecule has 2 aromatic rings. The van der Waals surface area contributed by atoms with Gasteiger partial charge in [-0.1, -0.05) is 58.9 Å². The highest BCUT2D eigenvalue weighted by atomic mass is 16.5. The van der Waals surface area contributed by atoms with Crippen molar-refractivity contribution in [1.29, 1.82) is 0 Å². The standard InChI is InChI=1S/C30H39NO4/c1-18(2)26-24-25(23-21(31-26)14-28(3,4)15-22(23)32)30(10-12-33-13-11-30)35-27(24)19-6-8-20(9-7-19)29(5)16-34-17-29/h6-9,18,22,27,32H,10-17H2,1-5H3/t22?,27-/m1/s1. The zero-order valence-electron chi connectivity index (χ0n) is 21.8. The predicted octanol–water partition coefficient (Wildman–Crippen LogP) is 5.62. The Kier molecular flexibility index (Phi) is 5.47. The minimum Gasteiger partial charge on any atom is -0.388 e. The van der Waals surface area contributed by atoms with Gasteiger partial charge in [0.15, 0.2) is 0 Å². The van der Waals surface area contributed by atoms with Crippen LogP contribution in [0.1, 0.15) is 111 Å². The molecule has 0 radical (unpaired) electrons. The minimum absolute atomic E-state index is 0.0286. The molecule has 1 aliphatic carbocycles. The van der Waals surface area contributed by atoms with Crippen molar-refractivity contribution in [3.8, 4) is 0 Å². The van der Waals surface area contributed by atoms with E-state index >= 15 is 0 Å². The van der Waals surface area contributed by atoms with Crippen molar-refractivity contribution in [3.63, 3.8) is 0 Å². The van der Waals surface area contributed by atoms with Crippen LogP contribution in [0.25, 0.3) is 0 Å². The van der Waals surface area contributed by atoms with Crippen LogP contribution in [-0.4, -0.2) is 36.5 Å². The average molecular weight is 478 g/mol. The molecule has 5 heteroatoms. The third-order valence-electron chi connectivity index (χ3n) is 8.77. The average Bonchev–Trinajstić information content (AvgIpc) is 3.10. The van der Waals surface area contributed by atoms with Crippen molar-refractivity contribution in [2.45, 2.75) is 89.4 Å². The molecular formula is C30H39NO4. The second kappa shape index (κ2) is 8.11. The SMILES string of the molecule is CC(C)c1nc2c(c3c1[C@@H](c1ccc(C4(C)COC4)cc1)OC31CCOCC1)C(O)CC(C)(C)C2. The first-order valence-corrected chi connectivity index (χ1v) is 13.3. The Balaban J connectivity index is 1.53. The second-order valence-corrected chi connectivity index (χ2v) is 12.6. The quantitative estimate of drug-likeness (QED) is 0.621. The predicted molar refractivity (Wildman–Crippen MR) is 135 cm³/mol. The van der Waals surface area contributed by atoms with Gasteiger partial charge in [0.1, 0.15) is 6.10 Å². The molecule has 1 aromatic heterocycles. The molecule has 4 heterocycles. The van der Waals surface area contributed by atoms with E-state index in [1.165, 1.54) is 16.7 Å². The molecule has 6 rings (SSSR count). The molecule has 1 unspecified atom stereocenters. The maximum atomic E-state index is 11.5. The lowest BCUT2D eigenvalue weighted by atomic mass is 9.70. The number of pyridine rings is 1. The summed E-state index contributed by atoms with van der Waals surface area (Å²) in [5.74, 6) is 0.266. The first kappa shape index (κ1) is 23.6. The van der Waals surface area contributed by atoms with Gasteiger partial charge in [-0.15, -0.1) is 0 Å². The van der Waals surface area contributed by atoms with Crippen LogP contribution in [-0.2, 0) is 31.6 Å². The largest absolute Gasteiger partial charge is 0.388 e.